The number of thiazole rings is 1. The fourth-order valence-electron chi connectivity index (χ4n) is 1.26. The quantitative estimate of drug-likeness (QED) is 0.783. The van der Waals surface area contributed by atoms with Gasteiger partial charge in [-0.15, -0.1) is 11.3 Å². The van der Waals surface area contributed by atoms with Crippen molar-refractivity contribution in [2.75, 3.05) is 6.54 Å². The second-order valence-electron chi connectivity index (χ2n) is 3.64. The van der Waals surface area contributed by atoms with Crippen LogP contribution >= 0.6 is 11.3 Å². The van der Waals surface area contributed by atoms with Crippen molar-refractivity contribution in [2.45, 2.75) is 39.2 Å². The third kappa shape index (κ3) is 3.90. The summed E-state index contributed by atoms with van der Waals surface area (Å²) in [5, 5.41) is 6.00. The number of hydrogen-bond acceptors (Lipinski definition) is 4. The number of aryl methyl sites for hydroxylation is 1. The Morgan fingerprint density at radius 1 is 1.62 bits per heavy atom. The highest BCUT2D eigenvalue weighted by Crippen LogP contribution is 2.10. The first-order chi connectivity index (χ1) is 7.67. The van der Waals surface area contributed by atoms with Gasteiger partial charge in [-0.2, -0.15) is 0 Å². The summed E-state index contributed by atoms with van der Waals surface area (Å²) < 4.78 is 0. The Bertz CT molecular complexity index is 338. The van der Waals surface area contributed by atoms with Crippen molar-refractivity contribution in [1.82, 2.24) is 10.3 Å². The number of nitrogens with zero attached hydrogens (tertiary/aromatic N) is 1. The van der Waals surface area contributed by atoms with Gasteiger partial charge in [-0.05, 0) is 12.8 Å². The lowest BCUT2D eigenvalue weighted by Gasteiger charge is -2.08. The van der Waals surface area contributed by atoms with Gasteiger partial charge in [-0.1, -0.05) is 13.8 Å². The molecule has 0 aromatic carbocycles. The average molecular weight is 241 g/mol. The molecule has 0 aliphatic rings. The maximum absolute atomic E-state index is 11.4. The minimum absolute atomic E-state index is 0.0755. The van der Waals surface area contributed by atoms with Crippen LogP contribution in [0, 0.1) is 0 Å². The zero-order valence-electron chi connectivity index (χ0n) is 9.82. The first kappa shape index (κ1) is 13.1. The van der Waals surface area contributed by atoms with Crippen molar-refractivity contribution in [3.05, 3.63) is 16.1 Å². The molecule has 1 aromatic heterocycles. The molecule has 0 saturated heterocycles. The van der Waals surface area contributed by atoms with Gasteiger partial charge in [0, 0.05) is 18.3 Å². The van der Waals surface area contributed by atoms with Gasteiger partial charge in [0.25, 0.3) is 0 Å². The summed E-state index contributed by atoms with van der Waals surface area (Å²) in [6, 6.07) is -0.387. The molecule has 0 unspecified atom stereocenters. The number of amides is 1. The van der Waals surface area contributed by atoms with Gasteiger partial charge < -0.3 is 11.1 Å². The molecule has 4 nitrogen and oxygen atoms in total. The standard InChI is InChI=1S/C11H19N3OS/c1-3-9(12)11(15)13-6-5-8-7-16-10(4-2)14-8/h7,9H,3-6,12H2,1-2H3,(H,13,15)/t9-/m0/s1. The van der Waals surface area contributed by atoms with E-state index in [0.29, 0.717) is 13.0 Å². The summed E-state index contributed by atoms with van der Waals surface area (Å²) in [6.07, 6.45) is 2.42. The van der Waals surface area contributed by atoms with E-state index < -0.39 is 0 Å². The van der Waals surface area contributed by atoms with E-state index in [1.165, 1.54) is 0 Å². The molecule has 0 saturated carbocycles. The molecule has 0 radical (unpaired) electrons. The Kier molecular flexibility index (Phi) is 5.42. The number of aromatic nitrogens is 1. The number of rotatable bonds is 6. The lowest BCUT2D eigenvalue weighted by molar-refractivity contribution is -0.122. The van der Waals surface area contributed by atoms with Gasteiger partial charge >= 0.3 is 0 Å². The summed E-state index contributed by atoms with van der Waals surface area (Å²) in [5.41, 5.74) is 6.64. The Balaban J connectivity index is 2.27. The van der Waals surface area contributed by atoms with E-state index in [4.69, 9.17) is 5.73 Å². The predicted octanol–water partition coefficient (Wildman–Crippen LogP) is 1.10. The molecule has 0 aliphatic carbocycles. The molecule has 1 atom stereocenters. The normalized spacial score (nSPS) is 12.4. The maximum Gasteiger partial charge on any atom is 0.236 e. The van der Waals surface area contributed by atoms with Crippen molar-refractivity contribution in [3.8, 4) is 0 Å². The molecule has 3 N–H and O–H groups in total. The molecular weight excluding hydrogens is 222 g/mol. The SMILES string of the molecule is CCc1nc(CCNC(=O)[C@@H](N)CC)cs1. The van der Waals surface area contributed by atoms with E-state index in [9.17, 15) is 4.79 Å². The van der Waals surface area contributed by atoms with E-state index in [2.05, 4.69) is 17.2 Å². The summed E-state index contributed by atoms with van der Waals surface area (Å²) in [5.74, 6) is -0.0755. The van der Waals surface area contributed by atoms with E-state index in [1.54, 1.807) is 11.3 Å². The number of nitrogens with two attached hydrogens (primary N) is 1. The van der Waals surface area contributed by atoms with Crippen LogP contribution in [0.4, 0.5) is 0 Å². The second-order valence-corrected chi connectivity index (χ2v) is 4.58. The molecule has 1 heterocycles. The van der Waals surface area contributed by atoms with Crippen molar-refractivity contribution in [1.29, 1.82) is 0 Å². The second kappa shape index (κ2) is 6.60. The number of nitrogens with one attached hydrogen (secondary N) is 1. The van der Waals surface area contributed by atoms with Crippen LogP contribution in [0.5, 0.6) is 0 Å². The molecule has 90 valence electrons. The molecule has 0 bridgehead atoms. The zero-order valence-corrected chi connectivity index (χ0v) is 10.6. The Hall–Kier alpha value is -0.940. The average Bonchev–Trinajstić information content (AvgIpc) is 2.75. The summed E-state index contributed by atoms with van der Waals surface area (Å²) in [4.78, 5) is 15.8. The maximum atomic E-state index is 11.4. The molecule has 0 fully saturated rings. The first-order valence-electron chi connectivity index (χ1n) is 5.63. The first-order valence-corrected chi connectivity index (χ1v) is 6.51. The fraction of sp³-hybridized carbons (Fsp3) is 0.636. The molecule has 5 heteroatoms. The van der Waals surface area contributed by atoms with Gasteiger partial charge in [0.15, 0.2) is 0 Å². The highest BCUT2D eigenvalue weighted by atomic mass is 32.1. The largest absolute Gasteiger partial charge is 0.354 e. The molecule has 1 aromatic rings. The van der Waals surface area contributed by atoms with Crippen LogP contribution in [-0.2, 0) is 17.6 Å². The van der Waals surface area contributed by atoms with Crippen LogP contribution in [0.15, 0.2) is 5.38 Å². The number of carbonyl (C=O) groups excluding carboxylic acids is 1. The topological polar surface area (TPSA) is 68.0 Å². The van der Waals surface area contributed by atoms with E-state index in [-0.39, 0.29) is 11.9 Å². The Labute approximate surface area is 100 Å². The van der Waals surface area contributed by atoms with E-state index >= 15 is 0 Å². The highest BCUT2D eigenvalue weighted by molar-refractivity contribution is 7.09. The lowest BCUT2D eigenvalue weighted by atomic mass is 10.2. The molecule has 16 heavy (non-hydrogen) atoms. The van der Waals surface area contributed by atoms with Gasteiger partial charge in [0.1, 0.15) is 0 Å². The third-order valence-corrected chi connectivity index (χ3v) is 3.40. The fourth-order valence-corrected chi connectivity index (χ4v) is 2.04. The number of hydrogen-bond donors (Lipinski definition) is 2. The van der Waals surface area contributed by atoms with Gasteiger partial charge in [0.05, 0.1) is 16.7 Å². The highest BCUT2D eigenvalue weighted by Gasteiger charge is 2.09. The summed E-state index contributed by atoms with van der Waals surface area (Å²) in [7, 11) is 0. The number of carbonyl (C=O) groups is 1. The predicted molar refractivity (Wildman–Crippen MR) is 66.5 cm³/mol. The molecular formula is C11H19N3OS. The van der Waals surface area contributed by atoms with Crippen LogP contribution < -0.4 is 11.1 Å². The van der Waals surface area contributed by atoms with Crippen LogP contribution in [0.3, 0.4) is 0 Å². The molecule has 0 aliphatic heterocycles. The van der Waals surface area contributed by atoms with Gasteiger partial charge in [-0.3, -0.25) is 4.79 Å². The monoisotopic (exact) mass is 241 g/mol. The molecule has 1 amide bonds. The van der Waals surface area contributed by atoms with E-state index in [0.717, 1.165) is 23.5 Å². The smallest absolute Gasteiger partial charge is 0.236 e. The van der Waals surface area contributed by atoms with E-state index in [1.807, 2.05) is 12.3 Å². The molecule has 1 rings (SSSR count). The Morgan fingerprint density at radius 3 is 2.94 bits per heavy atom. The van der Waals surface area contributed by atoms with Crippen molar-refractivity contribution in [2.24, 2.45) is 5.73 Å². The van der Waals surface area contributed by atoms with Crippen LogP contribution in [-0.4, -0.2) is 23.5 Å². The van der Waals surface area contributed by atoms with Crippen molar-refractivity contribution >= 4 is 17.2 Å². The summed E-state index contributed by atoms with van der Waals surface area (Å²) in [6.45, 7) is 4.60. The van der Waals surface area contributed by atoms with Crippen LogP contribution in [0.25, 0.3) is 0 Å². The van der Waals surface area contributed by atoms with Crippen LogP contribution in [0.1, 0.15) is 31.0 Å². The Morgan fingerprint density at radius 2 is 2.38 bits per heavy atom. The lowest BCUT2D eigenvalue weighted by Crippen LogP contribution is -2.40. The molecule has 0 spiro atoms. The zero-order chi connectivity index (χ0) is 12.0. The van der Waals surface area contributed by atoms with Crippen LogP contribution in [0.2, 0.25) is 0 Å². The van der Waals surface area contributed by atoms with Gasteiger partial charge in [-0.25, -0.2) is 4.98 Å². The minimum Gasteiger partial charge on any atom is -0.354 e. The minimum atomic E-state index is -0.387. The van der Waals surface area contributed by atoms with Gasteiger partial charge in [0.2, 0.25) is 5.91 Å². The van der Waals surface area contributed by atoms with Crippen molar-refractivity contribution < 1.29 is 4.79 Å². The third-order valence-electron chi connectivity index (χ3n) is 2.36. The summed E-state index contributed by atoms with van der Waals surface area (Å²) >= 11 is 1.67. The van der Waals surface area contributed by atoms with Crippen molar-refractivity contribution in [3.63, 3.8) is 0 Å².